The van der Waals surface area contributed by atoms with Crippen LogP contribution in [0.2, 0.25) is 0 Å². The van der Waals surface area contributed by atoms with E-state index in [-0.39, 0.29) is 5.91 Å². The van der Waals surface area contributed by atoms with Crippen molar-refractivity contribution in [3.05, 3.63) is 60.5 Å². The Balaban J connectivity index is 1.24. The molecule has 0 saturated heterocycles. The third kappa shape index (κ3) is 5.44. The van der Waals surface area contributed by atoms with Gasteiger partial charge >= 0.3 is 0 Å². The van der Waals surface area contributed by atoms with Crippen LogP contribution in [0.15, 0.2) is 59.0 Å². The molecule has 0 atom stereocenters. The van der Waals surface area contributed by atoms with Crippen LogP contribution in [0.25, 0.3) is 11.5 Å². The lowest BCUT2D eigenvalue weighted by atomic mass is 10.2. The standard InChI is InChI=1S/C23H25N3O3/c27-21(24-18-10-6-13-20(16-18)28-19-11-4-5-12-19)14-7-15-22-25-26-23(29-22)17-8-2-1-3-9-17/h1-3,6,8-10,13,16,19H,4-5,7,11-12,14-15H2,(H,24,27). The molecule has 6 heteroatoms. The zero-order valence-corrected chi connectivity index (χ0v) is 16.3. The van der Waals surface area contributed by atoms with Crippen molar-refractivity contribution in [1.82, 2.24) is 10.2 Å². The van der Waals surface area contributed by atoms with Crippen molar-refractivity contribution >= 4 is 11.6 Å². The van der Waals surface area contributed by atoms with Gasteiger partial charge in [0.05, 0.1) is 6.10 Å². The first-order valence-electron chi connectivity index (χ1n) is 10.2. The van der Waals surface area contributed by atoms with E-state index in [1.165, 1.54) is 12.8 Å². The quantitative estimate of drug-likeness (QED) is 0.583. The van der Waals surface area contributed by atoms with Crippen LogP contribution in [0.5, 0.6) is 5.75 Å². The smallest absolute Gasteiger partial charge is 0.247 e. The molecule has 1 N–H and O–H groups in total. The molecule has 0 aliphatic heterocycles. The number of amides is 1. The molecule has 1 aromatic heterocycles. The minimum atomic E-state index is -0.0363. The van der Waals surface area contributed by atoms with Gasteiger partial charge in [0.1, 0.15) is 5.75 Å². The molecule has 150 valence electrons. The van der Waals surface area contributed by atoms with Crippen molar-refractivity contribution in [2.24, 2.45) is 0 Å². The highest BCUT2D eigenvalue weighted by Crippen LogP contribution is 2.26. The molecule has 4 rings (SSSR count). The highest BCUT2D eigenvalue weighted by atomic mass is 16.5. The number of nitrogens with zero attached hydrogens (tertiary/aromatic N) is 2. The fourth-order valence-electron chi connectivity index (χ4n) is 3.52. The number of anilines is 1. The Morgan fingerprint density at radius 1 is 1.07 bits per heavy atom. The highest BCUT2D eigenvalue weighted by molar-refractivity contribution is 5.90. The summed E-state index contributed by atoms with van der Waals surface area (Å²) in [7, 11) is 0. The van der Waals surface area contributed by atoms with Crippen molar-refractivity contribution in [2.75, 3.05) is 5.32 Å². The lowest BCUT2D eigenvalue weighted by molar-refractivity contribution is -0.116. The van der Waals surface area contributed by atoms with Crippen molar-refractivity contribution < 1.29 is 13.9 Å². The molecule has 2 aromatic carbocycles. The van der Waals surface area contributed by atoms with Crippen molar-refractivity contribution in [1.29, 1.82) is 0 Å². The molecule has 0 radical (unpaired) electrons. The largest absolute Gasteiger partial charge is 0.490 e. The summed E-state index contributed by atoms with van der Waals surface area (Å²) >= 11 is 0. The second-order valence-corrected chi connectivity index (χ2v) is 7.32. The summed E-state index contributed by atoms with van der Waals surface area (Å²) in [4.78, 5) is 12.3. The van der Waals surface area contributed by atoms with E-state index in [4.69, 9.17) is 9.15 Å². The summed E-state index contributed by atoms with van der Waals surface area (Å²) in [5.41, 5.74) is 1.65. The average molecular weight is 391 g/mol. The normalized spacial score (nSPS) is 14.1. The maximum atomic E-state index is 12.3. The number of carbonyl (C=O) groups is 1. The van der Waals surface area contributed by atoms with E-state index >= 15 is 0 Å². The molecule has 0 unspecified atom stereocenters. The SMILES string of the molecule is O=C(CCCc1nnc(-c2ccccc2)o1)Nc1cccc(OC2CCCC2)c1. The molecular weight excluding hydrogens is 366 g/mol. The summed E-state index contributed by atoms with van der Waals surface area (Å²) in [5.74, 6) is 1.83. The number of carbonyl (C=O) groups excluding carboxylic acids is 1. The molecule has 3 aromatic rings. The zero-order chi connectivity index (χ0) is 19.9. The Morgan fingerprint density at radius 3 is 2.72 bits per heavy atom. The first kappa shape index (κ1) is 19.2. The fourth-order valence-corrected chi connectivity index (χ4v) is 3.52. The highest BCUT2D eigenvalue weighted by Gasteiger charge is 2.16. The van der Waals surface area contributed by atoms with Crippen LogP contribution in [0, 0.1) is 0 Å². The summed E-state index contributed by atoms with van der Waals surface area (Å²) < 4.78 is 11.7. The van der Waals surface area contributed by atoms with Crippen molar-refractivity contribution in [3.8, 4) is 17.2 Å². The van der Waals surface area contributed by atoms with E-state index in [9.17, 15) is 4.79 Å². The van der Waals surface area contributed by atoms with E-state index < -0.39 is 0 Å². The van der Waals surface area contributed by atoms with Gasteiger partial charge in [-0.3, -0.25) is 4.79 Å². The van der Waals surface area contributed by atoms with Gasteiger partial charge in [-0.1, -0.05) is 24.3 Å². The van der Waals surface area contributed by atoms with Crippen LogP contribution in [-0.2, 0) is 11.2 Å². The Morgan fingerprint density at radius 2 is 1.90 bits per heavy atom. The van der Waals surface area contributed by atoms with Gasteiger partial charge < -0.3 is 14.5 Å². The minimum absolute atomic E-state index is 0.0363. The van der Waals surface area contributed by atoms with Gasteiger partial charge in [-0.2, -0.15) is 0 Å². The summed E-state index contributed by atoms with van der Waals surface area (Å²) in [6.45, 7) is 0. The van der Waals surface area contributed by atoms with Crippen LogP contribution in [0.1, 0.15) is 44.4 Å². The molecule has 1 fully saturated rings. The molecule has 29 heavy (non-hydrogen) atoms. The van der Waals surface area contributed by atoms with E-state index in [0.717, 1.165) is 29.8 Å². The van der Waals surface area contributed by atoms with Gasteiger partial charge in [0.25, 0.3) is 0 Å². The number of ether oxygens (including phenoxy) is 1. The van der Waals surface area contributed by atoms with Crippen molar-refractivity contribution in [3.63, 3.8) is 0 Å². The van der Waals surface area contributed by atoms with Gasteiger partial charge in [0.2, 0.25) is 17.7 Å². The molecule has 1 aliphatic carbocycles. The van der Waals surface area contributed by atoms with Gasteiger partial charge in [0, 0.05) is 30.2 Å². The predicted molar refractivity (Wildman–Crippen MR) is 111 cm³/mol. The van der Waals surface area contributed by atoms with Gasteiger partial charge in [-0.15, -0.1) is 10.2 Å². The van der Waals surface area contributed by atoms with Crippen LogP contribution in [-0.4, -0.2) is 22.2 Å². The average Bonchev–Trinajstić information content (AvgIpc) is 3.41. The lowest BCUT2D eigenvalue weighted by Gasteiger charge is -2.14. The third-order valence-electron chi connectivity index (χ3n) is 5.00. The summed E-state index contributed by atoms with van der Waals surface area (Å²) in [6.07, 6.45) is 6.57. The van der Waals surface area contributed by atoms with Crippen LogP contribution in [0.4, 0.5) is 5.69 Å². The van der Waals surface area contributed by atoms with Gasteiger partial charge in [-0.25, -0.2) is 0 Å². The molecule has 0 spiro atoms. The van der Waals surface area contributed by atoms with E-state index in [2.05, 4.69) is 15.5 Å². The molecule has 1 heterocycles. The van der Waals surface area contributed by atoms with Gasteiger partial charge in [-0.05, 0) is 56.4 Å². The predicted octanol–water partition coefficient (Wildman–Crippen LogP) is 5.02. The number of benzene rings is 2. The number of aryl methyl sites for hydroxylation is 1. The first-order valence-corrected chi connectivity index (χ1v) is 10.2. The monoisotopic (exact) mass is 391 g/mol. The Labute approximate surface area is 170 Å². The maximum absolute atomic E-state index is 12.3. The number of rotatable bonds is 8. The lowest BCUT2D eigenvalue weighted by Crippen LogP contribution is -2.13. The zero-order valence-electron chi connectivity index (χ0n) is 16.3. The molecule has 1 amide bonds. The van der Waals surface area contributed by atoms with E-state index in [1.54, 1.807) is 0 Å². The van der Waals surface area contributed by atoms with Crippen LogP contribution in [0.3, 0.4) is 0 Å². The topological polar surface area (TPSA) is 77.2 Å². The number of aromatic nitrogens is 2. The third-order valence-corrected chi connectivity index (χ3v) is 5.00. The minimum Gasteiger partial charge on any atom is -0.490 e. The Kier molecular flexibility index (Phi) is 6.19. The number of nitrogens with one attached hydrogen (secondary N) is 1. The molecule has 1 aliphatic rings. The number of hydrogen-bond donors (Lipinski definition) is 1. The maximum Gasteiger partial charge on any atom is 0.247 e. The summed E-state index contributed by atoms with van der Waals surface area (Å²) in [5, 5.41) is 11.1. The first-order chi connectivity index (χ1) is 14.3. The molecule has 0 bridgehead atoms. The van der Waals surface area contributed by atoms with Crippen LogP contribution >= 0.6 is 0 Å². The Hall–Kier alpha value is -3.15. The second-order valence-electron chi connectivity index (χ2n) is 7.32. The van der Waals surface area contributed by atoms with Crippen molar-refractivity contribution in [2.45, 2.75) is 51.0 Å². The molecular formula is C23H25N3O3. The van der Waals surface area contributed by atoms with Crippen LogP contribution < -0.4 is 10.1 Å². The molecule has 6 nitrogen and oxygen atoms in total. The molecule has 1 saturated carbocycles. The van der Waals surface area contributed by atoms with Gasteiger partial charge in [0.15, 0.2) is 0 Å². The van der Waals surface area contributed by atoms with E-state index in [0.29, 0.717) is 37.1 Å². The Bertz CT molecular complexity index is 933. The number of hydrogen-bond acceptors (Lipinski definition) is 5. The van der Waals surface area contributed by atoms with E-state index in [1.807, 2.05) is 54.6 Å². The fraction of sp³-hybridized carbons (Fsp3) is 0.348. The second kappa shape index (κ2) is 9.37. The summed E-state index contributed by atoms with van der Waals surface area (Å²) in [6, 6.07) is 17.3.